The lowest BCUT2D eigenvalue weighted by Gasteiger charge is -2.03. The number of ether oxygens (including phenoxy) is 1. The van der Waals surface area contributed by atoms with Crippen LogP contribution in [0.15, 0.2) is 24.5 Å². The van der Waals surface area contributed by atoms with Gasteiger partial charge in [-0.1, -0.05) is 0 Å². The first kappa shape index (κ1) is 12.1. The lowest BCUT2D eigenvalue weighted by atomic mass is 10.3. The molecule has 0 aliphatic carbocycles. The Kier molecular flexibility index (Phi) is 3.27. The van der Waals surface area contributed by atoms with E-state index < -0.39 is 5.97 Å². The molecule has 0 saturated heterocycles. The van der Waals surface area contributed by atoms with Crippen LogP contribution in [0.5, 0.6) is 0 Å². The molecule has 2 rings (SSSR count). The van der Waals surface area contributed by atoms with Gasteiger partial charge in [0.25, 0.3) is 0 Å². The first-order valence-corrected chi connectivity index (χ1v) is 5.57. The number of hydrogen-bond acceptors (Lipinski definition) is 5. The Labute approximate surface area is 104 Å². The molecule has 0 radical (unpaired) electrons. The number of carbonyl (C=O) groups is 1. The molecule has 0 aliphatic rings. The first-order chi connectivity index (χ1) is 8.61. The lowest BCUT2D eigenvalue weighted by Crippen LogP contribution is -2.04. The average molecular weight is 246 g/mol. The predicted octanol–water partition coefficient (Wildman–Crippen LogP) is 1.33. The van der Waals surface area contributed by atoms with Crippen molar-refractivity contribution in [1.82, 2.24) is 14.8 Å². The topological polar surface area (TPSA) is 83.0 Å². The van der Waals surface area contributed by atoms with E-state index in [9.17, 15) is 4.79 Å². The highest BCUT2D eigenvalue weighted by molar-refractivity contribution is 5.88. The number of aryl methyl sites for hydroxylation is 1. The van der Waals surface area contributed by atoms with Crippen molar-refractivity contribution in [3.8, 4) is 5.82 Å². The quantitative estimate of drug-likeness (QED) is 0.826. The molecule has 0 aromatic carbocycles. The Bertz CT molecular complexity index is 577. The number of pyridine rings is 1. The summed E-state index contributed by atoms with van der Waals surface area (Å²) in [6, 6.07) is 3.49. The second-order valence-corrected chi connectivity index (χ2v) is 3.74. The molecule has 0 unspecified atom stereocenters. The molecule has 6 heteroatoms. The Morgan fingerprint density at radius 1 is 1.50 bits per heavy atom. The van der Waals surface area contributed by atoms with Gasteiger partial charge in [-0.05, 0) is 26.0 Å². The van der Waals surface area contributed by atoms with E-state index >= 15 is 0 Å². The number of esters is 1. The van der Waals surface area contributed by atoms with Gasteiger partial charge in [0.15, 0.2) is 5.82 Å². The van der Waals surface area contributed by atoms with E-state index in [2.05, 4.69) is 10.1 Å². The molecule has 94 valence electrons. The molecule has 0 amide bonds. The molecule has 2 N–H and O–H groups in total. The fraction of sp³-hybridized carbons (Fsp3) is 0.250. The summed E-state index contributed by atoms with van der Waals surface area (Å²) >= 11 is 0. The zero-order valence-electron chi connectivity index (χ0n) is 10.3. The normalized spacial score (nSPS) is 10.3. The summed E-state index contributed by atoms with van der Waals surface area (Å²) in [5.41, 5.74) is 7.43. The van der Waals surface area contributed by atoms with Gasteiger partial charge in [-0.15, -0.1) is 0 Å². The summed E-state index contributed by atoms with van der Waals surface area (Å²) in [5, 5.41) is 4.07. The third-order valence-corrected chi connectivity index (χ3v) is 2.44. The molecular formula is C12H14N4O2. The number of aromatic nitrogens is 3. The predicted molar refractivity (Wildman–Crippen MR) is 66.5 cm³/mol. The van der Waals surface area contributed by atoms with Gasteiger partial charge in [0.05, 0.1) is 29.7 Å². The highest BCUT2D eigenvalue weighted by atomic mass is 16.5. The summed E-state index contributed by atoms with van der Waals surface area (Å²) in [7, 11) is 0. The molecule has 6 nitrogen and oxygen atoms in total. The summed E-state index contributed by atoms with van der Waals surface area (Å²) in [4.78, 5) is 15.8. The fourth-order valence-electron chi connectivity index (χ4n) is 1.45. The maximum absolute atomic E-state index is 11.5. The Hall–Kier alpha value is -2.37. The van der Waals surface area contributed by atoms with Gasteiger partial charge in [0.2, 0.25) is 0 Å². The minimum atomic E-state index is -0.393. The Balaban J connectivity index is 2.29. The molecule has 0 spiro atoms. The molecule has 0 bridgehead atoms. The van der Waals surface area contributed by atoms with Crippen molar-refractivity contribution in [3.63, 3.8) is 0 Å². The monoisotopic (exact) mass is 246 g/mol. The van der Waals surface area contributed by atoms with Gasteiger partial charge >= 0.3 is 5.97 Å². The number of hydrogen-bond donors (Lipinski definition) is 1. The lowest BCUT2D eigenvalue weighted by molar-refractivity contribution is 0.0526. The van der Waals surface area contributed by atoms with Gasteiger partial charge in [-0.3, -0.25) is 0 Å². The number of nitrogens with zero attached hydrogens (tertiary/aromatic N) is 3. The fourth-order valence-corrected chi connectivity index (χ4v) is 1.45. The first-order valence-electron chi connectivity index (χ1n) is 5.57. The molecule has 2 heterocycles. The minimum absolute atomic E-state index is 0.337. The third-order valence-electron chi connectivity index (χ3n) is 2.44. The van der Waals surface area contributed by atoms with Gasteiger partial charge in [-0.2, -0.15) is 5.10 Å². The zero-order chi connectivity index (χ0) is 13.1. The van der Waals surface area contributed by atoms with Crippen LogP contribution >= 0.6 is 0 Å². The van der Waals surface area contributed by atoms with Crippen LogP contribution in [-0.4, -0.2) is 27.3 Å². The number of nitrogens with two attached hydrogens (primary N) is 1. The number of rotatable bonds is 3. The van der Waals surface area contributed by atoms with Crippen molar-refractivity contribution < 1.29 is 9.53 Å². The van der Waals surface area contributed by atoms with E-state index in [1.54, 1.807) is 25.3 Å². The van der Waals surface area contributed by atoms with Crippen LogP contribution in [0.3, 0.4) is 0 Å². The summed E-state index contributed by atoms with van der Waals surface area (Å²) < 4.78 is 6.40. The van der Waals surface area contributed by atoms with Crippen molar-refractivity contribution in [2.45, 2.75) is 13.8 Å². The maximum Gasteiger partial charge on any atom is 0.341 e. The number of nitrogen functional groups attached to an aromatic ring is 1. The van der Waals surface area contributed by atoms with Crippen LogP contribution < -0.4 is 5.73 Å². The SMILES string of the molecule is CCOC(=O)c1cnn(-c2ccc(N)c(C)n2)c1. The summed E-state index contributed by atoms with van der Waals surface area (Å²) in [5.74, 6) is 0.216. The maximum atomic E-state index is 11.5. The van der Waals surface area contributed by atoms with E-state index in [0.29, 0.717) is 23.7 Å². The van der Waals surface area contributed by atoms with E-state index in [-0.39, 0.29) is 0 Å². The molecule has 0 atom stereocenters. The molecule has 0 aliphatic heterocycles. The Morgan fingerprint density at radius 2 is 2.28 bits per heavy atom. The number of anilines is 1. The molecule has 2 aromatic rings. The number of carbonyl (C=O) groups excluding carboxylic acids is 1. The van der Waals surface area contributed by atoms with E-state index in [1.807, 2.05) is 6.92 Å². The molecule has 2 aromatic heterocycles. The third kappa shape index (κ3) is 2.32. The van der Waals surface area contributed by atoms with Gasteiger partial charge in [0.1, 0.15) is 0 Å². The van der Waals surface area contributed by atoms with Crippen molar-refractivity contribution in [2.75, 3.05) is 12.3 Å². The largest absolute Gasteiger partial charge is 0.462 e. The van der Waals surface area contributed by atoms with E-state index in [0.717, 1.165) is 5.69 Å². The van der Waals surface area contributed by atoms with Crippen molar-refractivity contribution in [2.24, 2.45) is 0 Å². The highest BCUT2D eigenvalue weighted by Crippen LogP contribution is 2.12. The summed E-state index contributed by atoms with van der Waals surface area (Å²) in [6.07, 6.45) is 3.03. The summed E-state index contributed by atoms with van der Waals surface area (Å²) in [6.45, 7) is 3.91. The van der Waals surface area contributed by atoms with Crippen LogP contribution in [0, 0.1) is 6.92 Å². The second-order valence-electron chi connectivity index (χ2n) is 3.74. The van der Waals surface area contributed by atoms with Crippen molar-refractivity contribution in [1.29, 1.82) is 0 Å². The van der Waals surface area contributed by atoms with Gasteiger partial charge < -0.3 is 10.5 Å². The van der Waals surface area contributed by atoms with Crippen molar-refractivity contribution >= 4 is 11.7 Å². The van der Waals surface area contributed by atoms with Gasteiger partial charge in [-0.25, -0.2) is 14.5 Å². The highest BCUT2D eigenvalue weighted by Gasteiger charge is 2.10. The molecule has 0 fully saturated rings. The van der Waals surface area contributed by atoms with Crippen LogP contribution in [0.4, 0.5) is 5.69 Å². The Morgan fingerprint density at radius 3 is 2.94 bits per heavy atom. The molecule has 18 heavy (non-hydrogen) atoms. The van der Waals surface area contributed by atoms with Gasteiger partial charge in [0, 0.05) is 6.20 Å². The van der Waals surface area contributed by atoms with Crippen LogP contribution in [-0.2, 0) is 4.74 Å². The van der Waals surface area contributed by atoms with E-state index in [4.69, 9.17) is 10.5 Å². The minimum Gasteiger partial charge on any atom is -0.462 e. The van der Waals surface area contributed by atoms with E-state index in [1.165, 1.54) is 10.9 Å². The molecule has 0 saturated carbocycles. The van der Waals surface area contributed by atoms with Crippen molar-refractivity contribution in [3.05, 3.63) is 35.8 Å². The second kappa shape index (κ2) is 4.87. The smallest absolute Gasteiger partial charge is 0.341 e. The standard InChI is InChI=1S/C12H14N4O2/c1-3-18-12(17)9-6-14-16(7-9)11-5-4-10(13)8(2)15-11/h4-7H,3,13H2,1-2H3. The van der Waals surface area contributed by atoms with Crippen LogP contribution in [0.1, 0.15) is 23.0 Å². The van der Waals surface area contributed by atoms with Crippen LogP contribution in [0.25, 0.3) is 5.82 Å². The van der Waals surface area contributed by atoms with Crippen LogP contribution in [0.2, 0.25) is 0 Å². The average Bonchev–Trinajstić information content (AvgIpc) is 2.82. The molecular weight excluding hydrogens is 232 g/mol. The zero-order valence-corrected chi connectivity index (χ0v) is 10.3.